The number of benzene rings is 3. The monoisotopic (exact) mass is 546 g/mol. The Morgan fingerprint density at radius 3 is 2.29 bits per heavy atom. The van der Waals surface area contributed by atoms with Crippen molar-refractivity contribution in [3.05, 3.63) is 87.9 Å². The Morgan fingerprint density at radius 2 is 1.69 bits per heavy atom. The van der Waals surface area contributed by atoms with Gasteiger partial charge in [0.15, 0.2) is 6.61 Å². The third-order valence-corrected chi connectivity index (χ3v) is 6.47. The first kappa shape index (κ1) is 26.7. The minimum absolute atomic E-state index is 0.00372. The number of rotatable bonds is 8. The number of ether oxygens (including phenoxy) is 1. The summed E-state index contributed by atoms with van der Waals surface area (Å²) < 4.78 is 70.7. The molecule has 1 N–H and O–H groups in total. The van der Waals surface area contributed by atoms with E-state index in [4.69, 9.17) is 27.9 Å². The first-order valence-electron chi connectivity index (χ1n) is 9.95. The highest BCUT2D eigenvalue weighted by Gasteiger charge is 2.34. The van der Waals surface area contributed by atoms with Crippen molar-refractivity contribution in [2.75, 3.05) is 22.5 Å². The quantitative estimate of drug-likeness (QED) is 0.376. The average Bonchev–Trinajstić information content (AvgIpc) is 2.77. The maximum Gasteiger partial charge on any atom is 0.418 e. The normalized spacial score (nSPS) is 11.7. The van der Waals surface area contributed by atoms with Crippen molar-refractivity contribution in [3.63, 3.8) is 0 Å². The van der Waals surface area contributed by atoms with Gasteiger partial charge < -0.3 is 10.1 Å². The van der Waals surface area contributed by atoms with Crippen LogP contribution >= 0.6 is 23.2 Å². The van der Waals surface area contributed by atoms with Gasteiger partial charge in [0.25, 0.3) is 5.91 Å². The second-order valence-electron chi connectivity index (χ2n) is 7.38. The van der Waals surface area contributed by atoms with E-state index in [0.29, 0.717) is 22.3 Å². The standard InChI is InChI=1S/C23H19Cl2F3N2O4S/c1-35(32,33)30(13-15-4-2-3-5-20(15)25)17-7-9-18(10-8-17)34-14-22(31)29-21-11-6-16(24)12-19(21)23(26,27)28/h2-12H,13-14H2,1H3,(H,29,31). The number of alkyl halides is 3. The van der Waals surface area contributed by atoms with Crippen LogP contribution in [0.2, 0.25) is 10.0 Å². The number of nitrogens with one attached hydrogen (secondary N) is 1. The van der Waals surface area contributed by atoms with Gasteiger partial charge in [-0.2, -0.15) is 13.2 Å². The number of carbonyl (C=O) groups excluding carboxylic acids is 1. The minimum atomic E-state index is -4.71. The number of amides is 1. The number of hydrogen-bond acceptors (Lipinski definition) is 4. The zero-order valence-corrected chi connectivity index (χ0v) is 20.5. The van der Waals surface area contributed by atoms with E-state index in [1.807, 2.05) is 0 Å². The summed E-state index contributed by atoms with van der Waals surface area (Å²) in [7, 11) is -3.66. The second kappa shape index (κ2) is 10.8. The lowest BCUT2D eigenvalue weighted by Gasteiger charge is -2.23. The van der Waals surface area contributed by atoms with Crippen molar-refractivity contribution < 1.29 is 31.1 Å². The molecule has 3 aromatic rings. The molecule has 0 saturated heterocycles. The van der Waals surface area contributed by atoms with Gasteiger partial charge in [-0.3, -0.25) is 9.10 Å². The number of halogens is 5. The van der Waals surface area contributed by atoms with Gasteiger partial charge in [-0.15, -0.1) is 0 Å². The fourth-order valence-electron chi connectivity index (χ4n) is 3.09. The summed E-state index contributed by atoms with van der Waals surface area (Å²) in [6, 6.07) is 15.7. The molecule has 0 unspecified atom stereocenters. The van der Waals surface area contributed by atoms with E-state index < -0.39 is 40.0 Å². The molecule has 0 heterocycles. The molecule has 35 heavy (non-hydrogen) atoms. The molecule has 0 saturated carbocycles. The van der Waals surface area contributed by atoms with Crippen molar-refractivity contribution in [2.24, 2.45) is 0 Å². The van der Waals surface area contributed by atoms with E-state index in [1.165, 1.54) is 30.3 Å². The van der Waals surface area contributed by atoms with Gasteiger partial charge in [0, 0.05) is 10.0 Å². The fourth-order valence-corrected chi connectivity index (χ4v) is 4.33. The largest absolute Gasteiger partial charge is 0.484 e. The van der Waals surface area contributed by atoms with E-state index in [2.05, 4.69) is 5.32 Å². The van der Waals surface area contributed by atoms with Crippen LogP contribution in [-0.2, 0) is 27.5 Å². The number of carbonyl (C=O) groups is 1. The number of anilines is 2. The van der Waals surface area contributed by atoms with Gasteiger partial charge in [0.05, 0.1) is 29.7 Å². The van der Waals surface area contributed by atoms with Gasteiger partial charge in [-0.25, -0.2) is 8.42 Å². The van der Waals surface area contributed by atoms with Crippen LogP contribution in [0.25, 0.3) is 0 Å². The molecule has 0 atom stereocenters. The van der Waals surface area contributed by atoms with Crippen LogP contribution in [0.3, 0.4) is 0 Å². The van der Waals surface area contributed by atoms with Crippen LogP contribution < -0.4 is 14.4 Å². The van der Waals surface area contributed by atoms with Crippen LogP contribution in [0.4, 0.5) is 24.5 Å². The number of sulfonamides is 1. The molecule has 12 heteroatoms. The number of nitrogens with zero attached hydrogens (tertiary/aromatic N) is 1. The Kier molecular flexibility index (Phi) is 8.19. The van der Waals surface area contributed by atoms with Crippen molar-refractivity contribution in [1.82, 2.24) is 0 Å². The molecule has 3 aromatic carbocycles. The molecular formula is C23H19Cl2F3N2O4S. The maximum absolute atomic E-state index is 13.2. The van der Waals surface area contributed by atoms with Crippen LogP contribution in [0.15, 0.2) is 66.7 Å². The predicted molar refractivity (Wildman–Crippen MR) is 129 cm³/mol. The number of hydrogen-bond donors (Lipinski definition) is 1. The van der Waals surface area contributed by atoms with Crippen LogP contribution in [-0.4, -0.2) is 27.2 Å². The van der Waals surface area contributed by atoms with Gasteiger partial charge in [-0.1, -0.05) is 41.4 Å². The molecular weight excluding hydrogens is 528 g/mol. The molecule has 1 amide bonds. The predicted octanol–water partition coefficient (Wildman–Crippen LogP) is 6.00. The molecule has 0 spiro atoms. The molecule has 0 radical (unpaired) electrons. The highest BCUT2D eigenvalue weighted by atomic mass is 35.5. The summed E-state index contributed by atoms with van der Waals surface area (Å²) in [5.74, 6) is -0.611. The second-order valence-corrected chi connectivity index (χ2v) is 10.1. The summed E-state index contributed by atoms with van der Waals surface area (Å²) in [4.78, 5) is 12.2. The first-order valence-corrected chi connectivity index (χ1v) is 12.6. The Hall–Kier alpha value is -2.95. The minimum Gasteiger partial charge on any atom is -0.484 e. The highest BCUT2D eigenvalue weighted by molar-refractivity contribution is 7.92. The zero-order valence-electron chi connectivity index (χ0n) is 18.1. The van der Waals surface area contributed by atoms with Gasteiger partial charge in [0.1, 0.15) is 5.75 Å². The molecule has 3 rings (SSSR count). The molecule has 0 aromatic heterocycles. The van der Waals surface area contributed by atoms with Crippen LogP contribution in [0.5, 0.6) is 5.75 Å². The fraction of sp³-hybridized carbons (Fsp3) is 0.174. The first-order chi connectivity index (χ1) is 16.3. The smallest absolute Gasteiger partial charge is 0.418 e. The van der Waals surface area contributed by atoms with Gasteiger partial charge >= 0.3 is 6.18 Å². The Labute approximate surface area is 210 Å². The van der Waals surface area contributed by atoms with Crippen molar-refractivity contribution in [3.8, 4) is 5.75 Å². The lowest BCUT2D eigenvalue weighted by atomic mass is 10.1. The Bertz CT molecular complexity index is 1320. The summed E-state index contributed by atoms with van der Waals surface area (Å²) in [6.07, 6.45) is -3.65. The van der Waals surface area contributed by atoms with E-state index in [0.717, 1.165) is 16.6 Å². The van der Waals surface area contributed by atoms with E-state index >= 15 is 0 Å². The Balaban J connectivity index is 1.68. The maximum atomic E-state index is 13.2. The molecule has 186 valence electrons. The lowest BCUT2D eigenvalue weighted by molar-refractivity contribution is -0.137. The zero-order chi connectivity index (χ0) is 25.8. The van der Waals surface area contributed by atoms with Gasteiger partial charge in [-0.05, 0) is 54.1 Å². The summed E-state index contributed by atoms with van der Waals surface area (Å²) in [5, 5.41) is 2.45. The topological polar surface area (TPSA) is 75.7 Å². The summed E-state index contributed by atoms with van der Waals surface area (Å²) >= 11 is 11.8. The van der Waals surface area contributed by atoms with E-state index in [1.54, 1.807) is 24.3 Å². The van der Waals surface area contributed by atoms with Crippen LogP contribution in [0, 0.1) is 0 Å². The third-order valence-electron chi connectivity index (χ3n) is 4.73. The molecule has 0 aliphatic rings. The highest BCUT2D eigenvalue weighted by Crippen LogP contribution is 2.36. The molecule has 0 bridgehead atoms. The SMILES string of the molecule is CS(=O)(=O)N(Cc1ccccc1Cl)c1ccc(OCC(=O)Nc2ccc(Cl)cc2C(F)(F)F)cc1. The van der Waals surface area contributed by atoms with Crippen molar-refractivity contribution in [1.29, 1.82) is 0 Å². The molecule has 0 fully saturated rings. The summed E-state index contributed by atoms with van der Waals surface area (Å²) in [6.45, 7) is -0.571. The Morgan fingerprint density at radius 1 is 1.03 bits per heavy atom. The van der Waals surface area contributed by atoms with Crippen molar-refractivity contribution in [2.45, 2.75) is 12.7 Å². The molecule has 6 nitrogen and oxygen atoms in total. The van der Waals surface area contributed by atoms with Crippen LogP contribution in [0.1, 0.15) is 11.1 Å². The lowest BCUT2D eigenvalue weighted by Crippen LogP contribution is -2.29. The van der Waals surface area contributed by atoms with Gasteiger partial charge in [0.2, 0.25) is 10.0 Å². The van der Waals surface area contributed by atoms with E-state index in [-0.39, 0.29) is 17.3 Å². The van der Waals surface area contributed by atoms with Crippen molar-refractivity contribution >= 4 is 50.5 Å². The molecule has 0 aliphatic heterocycles. The summed E-state index contributed by atoms with van der Waals surface area (Å²) in [5.41, 5.74) is -0.589. The molecule has 0 aliphatic carbocycles. The third kappa shape index (κ3) is 7.27. The average molecular weight is 547 g/mol. The van der Waals surface area contributed by atoms with E-state index in [9.17, 15) is 26.4 Å².